The normalized spacial score (nSPS) is 20.7. The Hall–Kier alpha value is -1.86. The van der Waals surface area contributed by atoms with Crippen LogP contribution in [0.4, 0.5) is 4.79 Å². The van der Waals surface area contributed by atoms with Gasteiger partial charge in [-0.1, -0.05) is 29.8 Å². The van der Waals surface area contributed by atoms with Crippen molar-refractivity contribution in [3.05, 3.63) is 34.9 Å². The molecule has 0 aliphatic carbocycles. The van der Waals surface area contributed by atoms with Crippen LogP contribution in [0, 0.1) is 0 Å². The number of carbonyl (C=O) groups is 2. The summed E-state index contributed by atoms with van der Waals surface area (Å²) in [6.45, 7) is 2.60. The third kappa shape index (κ3) is 2.71. The molecule has 126 valence electrons. The Bertz CT molecular complexity index is 777. The molecule has 0 spiro atoms. The molecule has 3 amide bonds. The maximum atomic E-state index is 12.5. The highest BCUT2D eigenvalue weighted by atomic mass is 35.5. The smallest absolute Gasteiger partial charge is 0.269 e. The van der Waals surface area contributed by atoms with Crippen LogP contribution in [0.5, 0.6) is 0 Å². The Morgan fingerprint density at radius 2 is 1.96 bits per heavy atom. The molecule has 24 heavy (non-hydrogen) atoms. The lowest BCUT2D eigenvalue weighted by Gasteiger charge is -2.30. The summed E-state index contributed by atoms with van der Waals surface area (Å²) in [7, 11) is 3.15. The monoisotopic (exact) mass is 365 g/mol. The van der Waals surface area contributed by atoms with Gasteiger partial charge in [0.15, 0.2) is 0 Å². The largest absolute Gasteiger partial charge is 0.358 e. The number of carbonyl (C=O) groups excluding carboxylic acids is 2. The summed E-state index contributed by atoms with van der Waals surface area (Å²) in [5.41, 5.74) is 1.01. The first-order valence-electron chi connectivity index (χ1n) is 7.59. The maximum Gasteiger partial charge on any atom is 0.358 e. The van der Waals surface area contributed by atoms with Crippen molar-refractivity contribution in [3.63, 3.8) is 0 Å². The van der Waals surface area contributed by atoms with Gasteiger partial charge in [0, 0.05) is 24.9 Å². The van der Waals surface area contributed by atoms with Crippen molar-refractivity contribution in [1.82, 2.24) is 9.80 Å². The highest BCUT2D eigenvalue weighted by Gasteiger charge is 2.52. The number of rotatable bonds is 3. The molecular weight excluding hydrogens is 348 g/mol. The molecule has 0 saturated carbocycles. The van der Waals surface area contributed by atoms with Crippen molar-refractivity contribution in [2.24, 2.45) is 4.99 Å². The Balaban J connectivity index is 1.89. The third-order valence-electron chi connectivity index (χ3n) is 4.15. The number of hydrogen-bond donors (Lipinski definition) is 0. The molecule has 0 aromatic heterocycles. The van der Waals surface area contributed by atoms with E-state index in [9.17, 15) is 9.59 Å². The number of amidine groups is 2. The number of likely N-dealkylation sites (N-methyl/N-ethyl adjacent to an activating group) is 3. The molecule has 8 heteroatoms. The van der Waals surface area contributed by atoms with E-state index in [-0.39, 0.29) is 11.9 Å². The number of hydrogen-bond acceptors (Lipinski definition) is 4. The van der Waals surface area contributed by atoms with Crippen molar-refractivity contribution in [2.75, 3.05) is 20.6 Å². The number of imide groups is 1. The van der Waals surface area contributed by atoms with Crippen LogP contribution < -0.4 is 0 Å². The zero-order chi connectivity index (χ0) is 17.4. The fourth-order valence-corrected chi connectivity index (χ4v) is 4.14. The number of nitrogens with zero attached hydrogens (tertiary/aromatic N) is 4. The van der Waals surface area contributed by atoms with Gasteiger partial charge in [-0.05, 0) is 35.3 Å². The van der Waals surface area contributed by atoms with E-state index < -0.39 is 6.04 Å². The van der Waals surface area contributed by atoms with Crippen LogP contribution >= 0.6 is 23.4 Å². The summed E-state index contributed by atoms with van der Waals surface area (Å²) in [6, 6.07) is 6.76. The molecule has 3 rings (SSSR count). The number of amides is 3. The van der Waals surface area contributed by atoms with Crippen LogP contribution in [-0.4, -0.2) is 64.0 Å². The summed E-state index contributed by atoms with van der Waals surface area (Å²) in [6.07, 6.45) is 0. The first-order chi connectivity index (χ1) is 11.5. The Morgan fingerprint density at radius 1 is 1.25 bits per heavy atom. The second-order valence-corrected chi connectivity index (χ2v) is 6.91. The Morgan fingerprint density at radius 3 is 2.62 bits per heavy atom. The van der Waals surface area contributed by atoms with Crippen LogP contribution in [0.15, 0.2) is 29.3 Å². The van der Waals surface area contributed by atoms with E-state index in [0.29, 0.717) is 23.2 Å². The van der Waals surface area contributed by atoms with Gasteiger partial charge in [0.2, 0.25) is 0 Å². The maximum absolute atomic E-state index is 12.5. The molecular formula is C16H18ClN4O2S+. The van der Waals surface area contributed by atoms with E-state index in [1.165, 1.54) is 23.7 Å². The summed E-state index contributed by atoms with van der Waals surface area (Å²) in [5, 5.41) is 1.44. The number of thioether (sulfide) groups is 1. The SMILES string of the molecule is CC[N+]1=C(SCc2ccccc2Cl)N=C2C1C(=O)N(C)C(=O)N2C. The van der Waals surface area contributed by atoms with Gasteiger partial charge in [0.25, 0.3) is 17.8 Å². The zero-order valence-electron chi connectivity index (χ0n) is 13.7. The van der Waals surface area contributed by atoms with Gasteiger partial charge in [-0.25, -0.2) is 9.37 Å². The highest BCUT2D eigenvalue weighted by Crippen LogP contribution is 2.26. The van der Waals surface area contributed by atoms with Gasteiger partial charge in [-0.3, -0.25) is 14.6 Å². The van der Waals surface area contributed by atoms with Crippen LogP contribution in [0.2, 0.25) is 5.02 Å². The van der Waals surface area contributed by atoms with Gasteiger partial charge in [-0.15, -0.1) is 0 Å². The minimum Gasteiger partial charge on any atom is -0.269 e. The second-order valence-electron chi connectivity index (χ2n) is 5.56. The van der Waals surface area contributed by atoms with E-state index in [4.69, 9.17) is 11.6 Å². The standard InChI is InChI=1S/C16H18ClN4O2S/c1-4-21-12-13(19(2)16(23)20(3)14(12)22)18-15(21)24-9-10-7-5-6-8-11(10)17/h5-8,12H,4,9H2,1-3H3/q+1. The van der Waals surface area contributed by atoms with Crippen molar-refractivity contribution >= 4 is 46.3 Å². The van der Waals surface area contributed by atoms with Crippen LogP contribution in [0.25, 0.3) is 0 Å². The van der Waals surface area contributed by atoms with Crippen LogP contribution in [-0.2, 0) is 10.5 Å². The summed E-state index contributed by atoms with van der Waals surface area (Å²) >= 11 is 7.72. The minimum absolute atomic E-state index is 0.243. The molecule has 1 unspecified atom stereocenters. The molecule has 2 heterocycles. The van der Waals surface area contributed by atoms with Crippen LogP contribution in [0.3, 0.4) is 0 Å². The van der Waals surface area contributed by atoms with Gasteiger partial charge in [0.05, 0.1) is 6.54 Å². The van der Waals surface area contributed by atoms with E-state index in [1.54, 1.807) is 7.05 Å². The second kappa shape index (κ2) is 6.57. The number of benzene rings is 1. The molecule has 1 atom stereocenters. The molecule has 1 saturated heterocycles. The molecule has 0 N–H and O–H groups in total. The highest BCUT2D eigenvalue weighted by molar-refractivity contribution is 8.13. The molecule has 2 aliphatic heterocycles. The average Bonchev–Trinajstić information content (AvgIpc) is 2.96. The predicted molar refractivity (Wildman–Crippen MR) is 95.7 cm³/mol. The lowest BCUT2D eigenvalue weighted by atomic mass is 10.1. The molecule has 1 fully saturated rings. The molecule has 1 aromatic rings. The molecule has 6 nitrogen and oxygen atoms in total. The summed E-state index contributed by atoms with van der Waals surface area (Å²) in [5.74, 6) is 0.898. The van der Waals surface area contributed by atoms with Crippen molar-refractivity contribution in [1.29, 1.82) is 0 Å². The van der Waals surface area contributed by atoms with Gasteiger partial charge in [-0.2, -0.15) is 0 Å². The first kappa shape index (κ1) is 17.0. The molecule has 2 aliphatic rings. The molecule has 0 bridgehead atoms. The van der Waals surface area contributed by atoms with E-state index in [0.717, 1.165) is 15.6 Å². The average molecular weight is 366 g/mol. The number of urea groups is 1. The van der Waals surface area contributed by atoms with Gasteiger partial charge >= 0.3 is 11.2 Å². The minimum atomic E-state index is -0.531. The van der Waals surface area contributed by atoms with Crippen molar-refractivity contribution in [2.45, 2.75) is 18.7 Å². The number of halogens is 1. The number of aliphatic imine (C=N–C) groups is 1. The number of fused-ring (bicyclic) bond motifs is 1. The Kier molecular flexibility index (Phi) is 4.64. The van der Waals surface area contributed by atoms with Gasteiger partial charge < -0.3 is 0 Å². The van der Waals surface area contributed by atoms with E-state index in [2.05, 4.69) is 4.99 Å². The van der Waals surface area contributed by atoms with Gasteiger partial charge in [0.1, 0.15) is 0 Å². The summed E-state index contributed by atoms with van der Waals surface area (Å²) < 4.78 is 1.93. The lowest BCUT2D eigenvalue weighted by Crippen LogP contribution is -2.61. The fourth-order valence-electron chi connectivity index (χ4n) is 2.77. The van der Waals surface area contributed by atoms with Crippen molar-refractivity contribution in [3.8, 4) is 0 Å². The lowest BCUT2D eigenvalue weighted by molar-refractivity contribution is -0.529. The third-order valence-corrected chi connectivity index (χ3v) is 5.56. The fraction of sp³-hybridized carbons (Fsp3) is 0.375. The van der Waals surface area contributed by atoms with E-state index in [1.807, 2.05) is 35.8 Å². The Labute approximate surface area is 149 Å². The molecule has 1 aromatic carbocycles. The summed E-state index contributed by atoms with van der Waals surface area (Å²) in [4.78, 5) is 31.8. The zero-order valence-corrected chi connectivity index (χ0v) is 15.3. The molecule has 0 radical (unpaired) electrons. The quantitative estimate of drug-likeness (QED) is 0.772. The van der Waals surface area contributed by atoms with Crippen molar-refractivity contribution < 1.29 is 14.2 Å². The first-order valence-corrected chi connectivity index (χ1v) is 8.95. The topological polar surface area (TPSA) is 56.0 Å². The predicted octanol–water partition coefficient (Wildman–Crippen LogP) is 2.27. The van der Waals surface area contributed by atoms with Crippen LogP contribution in [0.1, 0.15) is 12.5 Å². The van der Waals surface area contributed by atoms with E-state index >= 15 is 0 Å².